The standard InChI is InChI=1S/C11H4BrCl3N2/c12-11-9(15)6(4-16)10(17-11)5-1-2-7(13)8(14)3-5/h1-3,17H. The Kier molecular flexibility index (Phi) is 3.70. The largest absolute Gasteiger partial charge is 0.347 e. The van der Waals surface area contributed by atoms with Crippen molar-refractivity contribution in [2.75, 3.05) is 0 Å². The molecule has 0 radical (unpaired) electrons. The summed E-state index contributed by atoms with van der Waals surface area (Å²) in [7, 11) is 0. The van der Waals surface area contributed by atoms with E-state index in [1.165, 1.54) is 0 Å². The maximum Gasteiger partial charge on any atom is 0.103 e. The van der Waals surface area contributed by atoms with Crippen LogP contribution in [-0.2, 0) is 0 Å². The molecule has 0 atom stereocenters. The van der Waals surface area contributed by atoms with Crippen LogP contribution in [0, 0.1) is 11.3 Å². The van der Waals surface area contributed by atoms with Crippen molar-refractivity contribution < 1.29 is 0 Å². The highest BCUT2D eigenvalue weighted by Gasteiger charge is 2.16. The predicted molar refractivity (Wildman–Crippen MR) is 73.7 cm³/mol. The van der Waals surface area contributed by atoms with E-state index < -0.39 is 0 Å². The number of nitrogens with zero attached hydrogens (tertiary/aromatic N) is 1. The Morgan fingerprint density at radius 1 is 1.18 bits per heavy atom. The van der Waals surface area contributed by atoms with Crippen molar-refractivity contribution in [3.8, 4) is 17.3 Å². The molecule has 1 aromatic carbocycles. The summed E-state index contributed by atoms with van der Waals surface area (Å²) < 4.78 is 0.566. The molecule has 0 saturated heterocycles. The smallest absolute Gasteiger partial charge is 0.103 e. The van der Waals surface area contributed by atoms with Crippen molar-refractivity contribution in [3.63, 3.8) is 0 Å². The van der Waals surface area contributed by atoms with Gasteiger partial charge in [-0.1, -0.05) is 40.9 Å². The zero-order valence-electron chi connectivity index (χ0n) is 8.19. The third-order valence-electron chi connectivity index (χ3n) is 2.22. The minimum absolute atomic E-state index is 0.355. The topological polar surface area (TPSA) is 39.6 Å². The van der Waals surface area contributed by atoms with Crippen molar-refractivity contribution in [1.82, 2.24) is 4.98 Å². The highest BCUT2D eigenvalue weighted by Crippen LogP contribution is 2.36. The fourth-order valence-electron chi connectivity index (χ4n) is 1.42. The van der Waals surface area contributed by atoms with E-state index in [0.29, 0.717) is 30.9 Å². The molecule has 0 unspecified atom stereocenters. The zero-order valence-corrected chi connectivity index (χ0v) is 12.0. The van der Waals surface area contributed by atoms with Gasteiger partial charge in [0.05, 0.1) is 26.3 Å². The fraction of sp³-hybridized carbons (Fsp3) is 0. The summed E-state index contributed by atoms with van der Waals surface area (Å²) in [5, 5.41) is 10.3. The molecule has 0 aliphatic rings. The first-order valence-corrected chi connectivity index (χ1v) is 6.39. The molecule has 0 saturated carbocycles. The number of H-pyrrole nitrogens is 1. The van der Waals surface area contributed by atoms with Crippen LogP contribution >= 0.6 is 50.7 Å². The van der Waals surface area contributed by atoms with Gasteiger partial charge in [-0.2, -0.15) is 5.26 Å². The summed E-state index contributed by atoms with van der Waals surface area (Å²) in [6.07, 6.45) is 0. The van der Waals surface area contributed by atoms with E-state index in [1.54, 1.807) is 18.2 Å². The monoisotopic (exact) mass is 348 g/mol. The van der Waals surface area contributed by atoms with Gasteiger partial charge in [-0.25, -0.2) is 0 Å². The van der Waals surface area contributed by atoms with Gasteiger partial charge in [0, 0.05) is 5.56 Å². The Morgan fingerprint density at radius 3 is 2.47 bits per heavy atom. The number of aromatic nitrogens is 1. The lowest BCUT2D eigenvalue weighted by Gasteiger charge is -2.01. The number of rotatable bonds is 1. The van der Waals surface area contributed by atoms with Crippen LogP contribution in [0.2, 0.25) is 15.1 Å². The molecule has 0 fully saturated rings. The van der Waals surface area contributed by atoms with E-state index in [0.717, 1.165) is 5.56 Å². The van der Waals surface area contributed by atoms with Gasteiger partial charge in [-0.15, -0.1) is 0 Å². The molecule has 86 valence electrons. The lowest BCUT2D eigenvalue weighted by molar-refractivity contribution is 1.35. The Morgan fingerprint density at radius 2 is 1.88 bits per heavy atom. The summed E-state index contributed by atoms with van der Waals surface area (Å²) in [6.45, 7) is 0. The van der Waals surface area contributed by atoms with Crippen LogP contribution in [0.15, 0.2) is 22.8 Å². The Labute approximate surface area is 121 Å². The molecule has 0 aliphatic heterocycles. The predicted octanol–water partition coefficient (Wildman–Crippen LogP) is 5.28. The molecule has 0 bridgehead atoms. The molecule has 2 rings (SSSR count). The summed E-state index contributed by atoms with van der Waals surface area (Å²) >= 11 is 21.0. The maximum absolute atomic E-state index is 9.06. The molecule has 0 aliphatic carbocycles. The minimum atomic E-state index is 0.355. The van der Waals surface area contributed by atoms with E-state index in [9.17, 15) is 0 Å². The molecule has 0 spiro atoms. The quantitative estimate of drug-likeness (QED) is 0.747. The van der Waals surface area contributed by atoms with Crippen molar-refractivity contribution >= 4 is 50.7 Å². The second-order valence-corrected chi connectivity index (χ2v) is 5.23. The summed E-state index contributed by atoms with van der Waals surface area (Å²) in [5.41, 5.74) is 1.74. The Hall–Kier alpha value is -0.660. The third kappa shape index (κ3) is 2.31. The highest BCUT2D eigenvalue weighted by molar-refractivity contribution is 9.10. The van der Waals surface area contributed by atoms with E-state index in [-0.39, 0.29) is 0 Å². The van der Waals surface area contributed by atoms with Crippen molar-refractivity contribution in [2.24, 2.45) is 0 Å². The van der Waals surface area contributed by atoms with Gasteiger partial charge in [0.25, 0.3) is 0 Å². The van der Waals surface area contributed by atoms with Crippen LogP contribution in [0.25, 0.3) is 11.3 Å². The second kappa shape index (κ2) is 4.91. The number of benzene rings is 1. The van der Waals surface area contributed by atoms with Gasteiger partial charge in [0.2, 0.25) is 0 Å². The van der Waals surface area contributed by atoms with Crippen LogP contribution < -0.4 is 0 Å². The molecule has 2 aromatic rings. The first-order chi connectivity index (χ1) is 8.04. The number of nitrogens with one attached hydrogen (secondary N) is 1. The van der Waals surface area contributed by atoms with Gasteiger partial charge >= 0.3 is 0 Å². The van der Waals surface area contributed by atoms with Crippen molar-refractivity contribution in [1.29, 1.82) is 5.26 Å². The van der Waals surface area contributed by atoms with E-state index in [1.807, 2.05) is 6.07 Å². The molecule has 17 heavy (non-hydrogen) atoms. The zero-order chi connectivity index (χ0) is 12.6. The number of halogens is 4. The van der Waals surface area contributed by atoms with Crippen LogP contribution in [0.1, 0.15) is 5.56 Å². The number of hydrogen-bond acceptors (Lipinski definition) is 1. The van der Waals surface area contributed by atoms with Gasteiger partial charge in [0.15, 0.2) is 0 Å². The Bertz CT molecular complexity index is 628. The number of hydrogen-bond donors (Lipinski definition) is 1. The lowest BCUT2D eigenvalue weighted by Crippen LogP contribution is -1.82. The fourth-order valence-corrected chi connectivity index (χ4v) is 2.30. The first-order valence-electron chi connectivity index (χ1n) is 4.47. The Balaban J connectivity index is 2.65. The summed E-state index contributed by atoms with van der Waals surface area (Å²) in [6, 6.07) is 7.17. The van der Waals surface area contributed by atoms with Gasteiger partial charge in [-0.05, 0) is 28.1 Å². The normalized spacial score (nSPS) is 10.3. The third-order valence-corrected chi connectivity index (χ3v) is 4.16. The average molecular weight is 350 g/mol. The minimum Gasteiger partial charge on any atom is -0.347 e. The van der Waals surface area contributed by atoms with Crippen molar-refractivity contribution in [2.45, 2.75) is 0 Å². The number of aromatic amines is 1. The molecule has 1 aromatic heterocycles. The molecular weight excluding hydrogens is 346 g/mol. The molecular formula is C11H4BrCl3N2. The SMILES string of the molecule is N#Cc1c(-c2ccc(Cl)c(Cl)c2)[nH]c(Br)c1Cl. The lowest BCUT2D eigenvalue weighted by atomic mass is 10.1. The van der Waals surface area contributed by atoms with Crippen LogP contribution in [0.4, 0.5) is 0 Å². The molecule has 1 heterocycles. The van der Waals surface area contributed by atoms with Crippen LogP contribution in [-0.4, -0.2) is 4.98 Å². The highest BCUT2D eigenvalue weighted by atomic mass is 79.9. The maximum atomic E-state index is 9.06. The average Bonchev–Trinajstić information content (AvgIpc) is 2.59. The van der Waals surface area contributed by atoms with E-state index in [4.69, 9.17) is 40.1 Å². The molecule has 0 amide bonds. The second-order valence-electron chi connectivity index (χ2n) is 3.24. The van der Waals surface area contributed by atoms with Gasteiger partial charge < -0.3 is 4.98 Å². The molecule has 1 N–H and O–H groups in total. The summed E-state index contributed by atoms with van der Waals surface area (Å²) in [4.78, 5) is 2.99. The molecule has 2 nitrogen and oxygen atoms in total. The van der Waals surface area contributed by atoms with Crippen LogP contribution in [0.5, 0.6) is 0 Å². The van der Waals surface area contributed by atoms with Crippen molar-refractivity contribution in [3.05, 3.63) is 43.4 Å². The van der Waals surface area contributed by atoms with E-state index >= 15 is 0 Å². The summed E-state index contributed by atoms with van der Waals surface area (Å²) in [5.74, 6) is 0. The van der Waals surface area contributed by atoms with Gasteiger partial charge in [0.1, 0.15) is 10.7 Å². The number of nitriles is 1. The van der Waals surface area contributed by atoms with Gasteiger partial charge in [-0.3, -0.25) is 0 Å². The first kappa shape index (κ1) is 12.8. The van der Waals surface area contributed by atoms with Crippen LogP contribution in [0.3, 0.4) is 0 Å². The molecule has 6 heteroatoms. The van der Waals surface area contributed by atoms with E-state index in [2.05, 4.69) is 20.9 Å².